The molecule has 212 valence electrons. The molecule has 1 unspecified atom stereocenters. The summed E-state index contributed by atoms with van der Waals surface area (Å²) >= 11 is 0. The number of carbonyl (C=O) groups is 2. The largest absolute Gasteiger partial charge is 0.467 e. The van der Waals surface area contributed by atoms with Crippen molar-refractivity contribution in [3.8, 4) is 0 Å². The van der Waals surface area contributed by atoms with Gasteiger partial charge < -0.3 is 49.2 Å². The van der Waals surface area contributed by atoms with E-state index in [1.165, 1.54) is 0 Å². The van der Waals surface area contributed by atoms with Gasteiger partial charge in [0.05, 0.1) is 13.2 Å². The predicted molar refractivity (Wildman–Crippen MR) is 127 cm³/mol. The van der Waals surface area contributed by atoms with E-state index in [0.29, 0.717) is 6.42 Å². The molecular weight excluding hydrogens is 504 g/mol. The van der Waals surface area contributed by atoms with Crippen LogP contribution in [-0.2, 0) is 33.3 Å². The van der Waals surface area contributed by atoms with E-state index in [4.69, 9.17) is 23.7 Å². The summed E-state index contributed by atoms with van der Waals surface area (Å²) in [5.74, 6) is -1.68. The van der Waals surface area contributed by atoms with Crippen molar-refractivity contribution in [1.29, 1.82) is 0 Å². The van der Waals surface area contributed by atoms with Gasteiger partial charge in [-0.25, -0.2) is 9.59 Å². The molecule has 38 heavy (non-hydrogen) atoms. The number of cyclic esters (lactones) is 1. The maximum Gasteiger partial charge on any atom is 0.342 e. The first-order chi connectivity index (χ1) is 18.1. The minimum absolute atomic E-state index is 0.00229. The van der Waals surface area contributed by atoms with E-state index in [-0.39, 0.29) is 53.6 Å². The average Bonchev–Trinajstić information content (AvgIpc) is 3.20. The molecule has 11 atom stereocenters. The van der Waals surface area contributed by atoms with Crippen LogP contribution in [0, 0.1) is 23.7 Å². The number of aliphatic hydroxyl groups excluding tert-OH is 5. The van der Waals surface area contributed by atoms with Crippen molar-refractivity contribution < 1.29 is 58.8 Å². The smallest absolute Gasteiger partial charge is 0.342 e. The van der Waals surface area contributed by atoms with Gasteiger partial charge >= 0.3 is 11.9 Å². The molecule has 0 spiro atoms. The summed E-state index contributed by atoms with van der Waals surface area (Å²) in [5.41, 5.74) is 0.333. The molecule has 12 heteroatoms. The summed E-state index contributed by atoms with van der Waals surface area (Å²) < 4.78 is 28.2. The van der Waals surface area contributed by atoms with Gasteiger partial charge in [0.25, 0.3) is 0 Å². The highest BCUT2D eigenvalue weighted by molar-refractivity contribution is 5.98. The SMILES string of the molecule is C/C=C1\C2=C/C(=O)OC[C@@H]3[C@@H](C)[C@@H](C[C@H]3[C@@H](C)CO)OC(=O)C2=COC1O[C@@H]1O[C@H](CO)[C@@H](O)[C@H](O)[C@H]1O. The van der Waals surface area contributed by atoms with E-state index in [2.05, 4.69) is 0 Å². The third-order valence-electron chi connectivity index (χ3n) is 8.08. The molecule has 4 aliphatic rings. The first-order valence-corrected chi connectivity index (χ1v) is 12.8. The van der Waals surface area contributed by atoms with Gasteiger partial charge in [0.2, 0.25) is 6.29 Å². The number of rotatable bonds is 5. The summed E-state index contributed by atoms with van der Waals surface area (Å²) in [7, 11) is 0. The van der Waals surface area contributed by atoms with Crippen LogP contribution >= 0.6 is 0 Å². The van der Waals surface area contributed by atoms with Crippen LogP contribution in [0.5, 0.6) is 0 Å². The van der Waals surface area contributed by atoms with E-state index in [9.17, 15) is 35.1 Å². The van der Waals surface area contributed by atoms with Gasteiger partial charge in [-0.05, 0) is 31.1 Å². The van der Waals surface area contributed by atoms with Gasteiger partial charge in [0.15, 0.2) is 6.29 Å². The number of esters is 2. The fraction of sp³-hybridized carbons (Fsp3) is 0.692. The van der Waals surface area contributed by atoms with Crippen molar-refractivity contribution in [2.45, 2.75) is 70.3 Å². The Morgan fingerprint density at radius 2 is 1.87 bits per heavy atom. The van der Waals surface area contributed by atoms with E-state index >= 15 is 0 Å². The third-order valence-corrected chi connectivity index (χ3v) is 8.08. The second kappa shape index (κ2) is 11.8. The van der Waals surface area contributed by atoms with Gasteiger partial charge in [0, 0.05) is 29.7 Å². The van der Waals surface area contributed by atoms with Gasteiger partial charge in [-0.3, -0.25) is 0 Å². The number of allylic oxidation sites excluding steroid dienone is 1. The second-order valence-corrected chi connectivity index (χ2v) is 10.3. The summed E-state index contributed by atoms with van der Waals surface area (Å²) in [5, 5.41) is 49.6. The standard InChI is InChI=1S/C26H36O12/c1-4-13-15-6-20(29)34-9-16-12(3)18(5-14(16)11(2)7-27)36-24(33)17(15)10-35-25(13)38-26-23(32)22(31)21(30)19(8-28)37-26/h4,6,10-12,14,16,18-19,21-23,25-28,30-32H,5,7-9H2,1-3H3/b13-4+,15-6+/t11-,12+,14-,16+,18+,19+,21+,22-,23+,25?,26-/m0/s1. The summed E-state index contributed by atoms with van der Waals surface area (Å²) in [6.07, 6.45) is -5.06. The molecule has 4 rings (SSSR count). The molecule has 2 bridgehead atoms. The monoisotopic (exact) mass is 540 g/mol. The minimum Gasteiger partial charge on any atom is -0.467 e. The molecule has 0 amide bonds. The molecule has 5 N–H and O–H groups in total. The third kappa shape index (κ3) is 5.39. The fourth-order valence-electron chi connectivity index (χ4n) is 5.65. The zero-order valence-corrected chi connectivity index (χ0v) is 21.5. The topological polar surface area (TPSA) is 181 Å². The molecule has 12 nitrogen and oxygen atoms in total. The predicted octanol–water partition coefficient (Wildman–Crippen LogP) is -0.715. The maximum atomic E-state index is 13.3. The van der Waals surface area contributed by atoms with Crippen molar-refractivity contribution in [2.75, 3.05) is 19.8 Å². The summed E-state index contributed by atoms with van der Waals surface area (Å²) in [6.45, 7) is 4.88. The molecule has 3 aliphatic heterocycles. The Labute approximate surface area is 220 Å². The Balaban J connectivity index is 1.61. The molecule has 1 saturated carbocycles. The van der Waals surface area contributed by atoms with Crippen LogP contribution in [0.25, 0.3) is 0 Å². The quantitative estimate of drug-likeness (QED) is 0.277. The lowest BCUT2D eigenvalue weighted by atomic mass is 9.83. The van der Waals surface area contributed by atoms with Crippen LogP contribution in [-0.4, -0.2) is 100 Å². The number of hydrogen-bond donors (Lipinski definition) is 5. The highest BCUT2D eigenvalue weighted by atomic mass is 16.8. The number of fused-ring (bicyclic) bond motifs is 3. The number of ether oxygens (including phenoxy) is 5. The Bertz CT molecular complexity index is 987. The van der Waals surface area contributed by atoms with Gasteiger partial charge in [-0.1, -0.05) is 19.9 Å². The van der Waals surface area contributed by atoms with Crippen molar-refractivity contribution in [1.82, 2.24) is 0 Å². The van der Waals surface area contributed by atoms with Crippen molar-refractivity contribution in [3.05, 3.63) is 35.1 Å². The second-order valence-electron chi connectivity index (χ2n) is 10.3. The van der Waals surface area contributed by atoms with E-state index in [1.807, 2.05) is 13.8 Å². The first kappa shape index (κ1) is 28.7. The van der Waals surface area contributed by atoms with Crippen LogP contribution in [0.4, 0.5) is 0 Å². The van der Waals surface area contributed by atoms with Crippen molar-refractivity contribution >= 4 is 11.9 Å². The van der Waals surface area contributed by atoms with Crippen LogP contribution < -0.4 is 0 Å². The fourth-order valence-corrected chi connectivity index (χ4v) is 5.65. The molecule has 0 aromatic rings. The molecule has 0 aromatic carbocycles. The normalized spacial score (nSPS) is 43.0. The van der Waals surface area contributed by atoms with E-state index in [1.54, 1.807) is 13.0 Å². The Morgan fingerprint density at radius 1 is 1.13 bits per heavy atom. The average molecular weight is 541 g/mol. The summed E-state index contributed by atoms with van der Waals surface area (Å²) in [4.78, 5) is 26.2. The van der Waals surface area contributed by atoms with Crippen molar-refractivity contribution in [3.63, 3.8) is 0 Å². The molecule has 2 fully saturated rings. The molecule has 1 saturated heterocycles. The van der Waals surface area contributed by atoms with Gasteiger partial charge in [-0.2, -0.15) is 0 Å². The van der Waals surface area contributed by atoms with Gasteiger partial charge in [-0.15, -0.1) is 0 Å². The molecule has 0 aromatic heterocycles. The van der Waals surface area contributed by atoms with Crippen LogP contribution in [0.2, 0.25) is 0 Å². The number of carbonyl (C=O) groups excluding carboxylic acids is 2. The van der Waals surface area contributed by atoms with Crippen molar-refractivity contribution in [2.24, 2.45) is 23.7 Å². The number of hydrogen-bond acceptors (Lipinski definition) is 12. The van der Waals surface area contributed by atoms with Gasteiger partial charge in [0.1, 0.15) is 42.4 Å². The molecular formula is C26H36O12. The summed E-state index contributed by atoms with van der Waals surface area (Å²) in [6, 6.07) is 0. The first-order valence-electron chi connectivity index (χ1n) is 12.8. The Morgan fingerprint density at radius 3 is 2.53 bits per heavy atom. The number of aliphatic hydroxyl groups is 5. The van der Waals surface area contributed by atoms with Crippen LogP contribution in [0.3, 0.4) is 0 Å². The lowest BCUT2D eigenvalue weighted by Crippen LogP contribution is -2.59. The lowest BCUT2D eigenvalue weighted by molar-refractivity contribution is -0.326. The molecule has 3 heterocycles. The lowest BCUT2D eigenvalue weighted by Gasteiger charge is -2.41. The highest BCUT2D eigenvalue weighted by Crippen LogP contribution is 2.44. The zero-order valence-electron chi connectivity index (χ0n) is 21.5. The molecule has 1 aliphatic carbocycles. The maximum absolute atomic E-state index is 13.3. The Hall–Kier alpha value is -2.32. The highest BCUT2D eigenvalue weighted by Gasteiger charge is 2.48. The van der Waals surface area contributed by atoms with Crippen LogP contribution in [0.15, 0.2) is 35.1 Å². The van der Waals surface area contributed by atoms with Crippen LogP contribution in [0.1, 0.15) is 27.2 Å². The van der Waals surface area contributed by atoms with E-state index in [0.717, 1.165) is 12.3 Å². The zero-order chi connectivity index (χ0) is 27.7. The van der Waals surface area contributed by atoms with E-state index < -0.39 is 61.6 Å². The molecule has 0 radical (unpaired) electrons. The minimum atomic E-state index is -1.68. The Kier molecular flexibility index (Phi) is 8.92.